The molecule has 1 atom stereocenters. The van der Waals surface area contributed by atoms with Gasteiger partial charge in [-0.2, -0.15) is 0 Å². The van der Waals surface area contributed by atoms with E-state index in [-0.39, 0.29) is 6.61 Å². The molecule has 2 nitrogen and oxygen atoms in total. The Morgan fingerprint density at radius 3 is 2.53 bits per heavy atom. The molecule has 0 saturated heterocycles. The summed E-state index contributed by atoms with van der Waals surface area (Å²) in [5.41, 5.74) is 0. The Bertz CT molecular complexity index is 337. The summed E-state index contributed by atoms with van der Waals surface area (Å²) in [5, 5.41) is 9.77. The van der Waals surface area contributed by atoms with E-state index in [9.17, 15) is 4.21 Å². The van der Waals surface area contributed by atoms with Crippen LogP contribution in [0, 0.1) is 30.4 Å². The van der Waals surface area contributed by atoms with Crippen LogP contribution in [0.2, 0.25) is 0 Å². The normalized spacial score (nSPS) is 20.6. The topological polar surface area (TPSA) is 37.3 Å². The molecule has 1 aromatic carbocycles. The monoisotopic (exact) mass is 219 g/mol. The summed E-state index contributed by atoms with van der Waals surface area (Å²) in [6.45, 7) is -0.0685. The number of aliphatic hydroxyl groups is 1. The molecule has 1 aromatic rings. The highest BCUT2D eigenvalue weighted by atomic mass is 32.2. The third kappa shape index (κ3) is 2.29. The second kappa shape index (κ2) is 4.90. The van der Waals surface area contributed by atoms with Crippen molar-refractivity contribution < 1.29 is 9.32 Å². The van der Waals surface area contributed by atoms with Crippen molar-refractivity contribution in [1.29, 1.82) is 0 Å². The fraction of sp³-hybridized carbons (Fsp3) is 0.0833. The fourth-order valence-electron chi connectivity index (χ4n) is 1.42. The van der Waals surface area contributed by atoms with Crippen molar-refractivity contribution in [1.82, 2.24) is 0 Å². The smallest absolute Gasteiger partial charge is 0.0811 e. The van der Waals surface area contributed by atoms with E-state index in [1.807, 2.05) is 36.8 Å². The molecule has 1 aliphatic carbocycles. The molecule has 3 heteroatoms. The predicted molar refractivity (Wildman–Crippen MR) is 59.3 cm³/mol. The number of hydrogen-bond acceptors (Lipinski definition) is 2. The van der Waals surface area contributed by atoms with Gasteiger partial charge in [-0.15, -0.1) is 0 Å². The second-order valence-electron chi connectivity index (χ2n) is 3.16. The highest BCUT2D eigenvalue weighted by molar-refractivity contribution is 7.88. The molecule has 0 amide bonds. The maximum absolute atomic E-state index is 12.1. The molecule has 0 aliphatic heterocycles. The Hall–Kier alpha value is -0.670. The molecule has 15 heavy (non-hydrogen) atoms. The van der Waals surface area contributed by atoms with Gasteiger partial charge in [-0.25, -0.2) is 0 Å². The van der Waals surface area contributed by atoms with Crippen molar-refractivity contribution in [2.24, 2.45) is 0 Å². The minimum Gasteiger partial charge on any atom is -0.396 e. The summed E-state index contributed by atoms with van der Waals surface area (Å²) < 4.78 is 12.1. The van der Waals surface area contributed by atoms with Crippen molar-refractivity contribution in [3.05, 3.63) is 60.8 Å². The van der Waals surface area contributed by atoms with Crippen LogP contribution in [0.4, 0.5) is 0 Å². The van der Waals surface area contributed by atoms with Crippen LogP contribution in [0.1, 0.15) is 0 Å². The molecule has 1 fully saturated rings. The fourth-order valence-corrected chi connectivity index (χ4v) is 2.65. The van der Waals surface area contributed by atoms with Crippen LogP contribution in [-0.4, -0.2) is 15.9 Å². The zero-order valence-corrected chi connectivity index (χ0v) is 8.91. The van der Waals surface area contributed by atoms with Crippen LogP contribution >= 0.6 is 0 Å². The lowest BCUT2D eigenvalue weighted by molar-refractivity contribution is 0.317. The number of aliphatic hydroxyl groups excluding tert-OH is 1. The molecular formula is C12H11O2S. The Morgan fingerprint density at radius 1 is 1.13 bits per heavy atom. The van der Waals surface area contributed by atoms with Crippen LogP contribution < -0.4 is 0 Å². The highest BCUT2D eigenvalue weighted by Crippen LogP contribution is 2.37. The molecule has 1 aliphatic rings. The molecule has 0 aromatic heterocycles. The summed E-state index contributed by atoms with van der Waals surface area (Å²) in [6.07, 6.45) is 5.38. The minimum atomic E-state index is -1.19. The highest BCUT2D eigenvalue weighted by Gasteiger charge is 2.34. The van der Waals surface area contributed by atoms with Crippen LogP contribution in [0.25, 0.3) is 0 Å². The van der Waals surface area contributed by atoms with Crippen molar-refractivity contribution >= 4 is 10.8 Å². The van der Waals surface area contributed by atoms with Crippen LogP contribution in [0.5, 0.6) is 0 Å². The Balaban J connectivity index is 2.14. The first-order valence-electron chi connectivity index (χ1n) is 4.65. The minimum absolute atomic E-state index is 0.0685. The summed E-state index contributed by atoms with van der Waals surface area (Å²) in [5.74, 6) is 0.734. The third-order valence-corrected chi connectivity index (χ3v) is 3.69. The van der Waals surface area contributed by atoms with Gasteiger partial charge in [0.15, 0.2) is 0 Å². The molecule has 2 rings (SSSR count). The summed E-state index contributed by atoms with van der Waals surface area (Å²) in [6, 6.07) is 9.25. The average molecular weight is 219 g/mol. The first kappa shape index (κ1) is 10.8. The third-order valence-electron chi connectivity index (χ3n) is 2.19. The van der Waals surface area contributed by atoms with Gasteiger partial charge in [0.2, 0.25) is 0 Å². The second-order valence-corrected chi connectivity index (χ2v) is 4.60. The van der Waals surface area contributed by atoms with Crippen molar-refractivity contribution in [3.63, 3.8) is 0 Å². The van der Waals surface area contributed by atoms with Gasteiger partial charge in [0.1, 0.15) is 0 Å². The standard InChI is InChI=1S/C12H11O2S/c13-9-10-5-4-8-12(10)15(14)11-6-2-1-3-7-11/h1-8,13H,9H2/t15-/m1/s1. The first-order valence-corrected chi connectivity index (χ1v) is 5.80. The summed E-state index contributed by atoms with van der Waals surface area (Å²) in [4.78, 5) is 0.762. The van der Waals surface area contributed by atoms with E-state index in [1.54, 1.807) is 12.8 Å². The molecule has 0 bridgehead atoms. The largest absolute Gasteiger partial charge is 0.396 e. The van der Waals surface area contributed by atoms with E-state index in [4.69, 9.17) is 5.11 Å². The van der Waals surface area contributed by atoms with Crippen molar-refractivity contribution in [2.75, 3.05) is 6.61 Å². The lowest BCUT2D eigenvalue weighted by Gasteiger charge is -2.14. The van der Waals surface area contributed by atoms with E-state index in [0.29, 0.717) is 5.25 Å². The quantitative estimate of drug-likeness (QED) is 0.837. The summed E-state index contributed by atoms with van der Waals surface area (Å²) >= 11 is 0. The average Bonchev–Trinajstić information content (AvgIpc) is 2.77. The van der Waals surface area contributed by atoms with E-state index >= 15 is 0 Å². The van der Waals surface area contributed by atoms with Gasteiger partial charge < -0.3 is 5.11 Å². The van der Waals surface area contributed by atoms with Crippen LogP contribution in [0.3, 0.4) is 0 Å². The molecular weight excluding hydrogens is 208 g/mol. The van der Waals surface area contributed by atoms with Crippen molar-refractivity contribution in [2.45, 2.75) is 4.90 Å². The molecule has 77 valence electrons. The number of hydrogen-bond donors (Lipinski definition) is 1. The van der Waals surface area contributed by atoms with Crippen molar-refractivity contribution in [3.8, 4) is 0 Å². The lowest BCUT2D eigenvalue weighted by atomic mass is 10.1. The zero-order valence-electron chi connectivity index (χ0n) is 8.09. The van der Waals surface area contributed by atoms with Gasteiger partial charge in [0, 0.05) is 10.8 Å². The van der Waals surface area contributed by atoms with Gasteiger partial charge >= 0.3 is 0 Å². The molecule has 0 heterocycles. The van der Waals surface area contributed by atoms with E-state index in [1.165, 1.54) is 0 Å². The van der Waals surface area contributed by atoms with E-state index in [2.05, 4.69) is 0 Å². The van der Waals surface area contributed by atoms with Crippen LogP contribution in [0.15, 0.2) is 35.2 Å². The number of benzene rings is 1. The SMILES string of the molecule is O=[S@@]([C]1[CH][CH][CH][C]1CO)c1ccccc1. The molecule has 5 radical (unpaired) electrons. The zero-order chi connectivity index (χ0) is 10.7. The Labute approximate surface area is 92.8 Å². The lowest BCUT2D eigenvalue weighted by Crippen LogP contribution is -2.13. The van der Waals surface area contributed by atoms with Gasteiger partial charge in [0.05, 0.1) is 22.7 Å². The van der Waals surface area contributed by atoms with E-state index < -0.39 is 10.8 Å². The Morgan fingerprint density at radius 2 is 1.87 bits per heavy atom. The molecule has 0 unspecified atom stereocenters. The van der Waals surface area contributed by atoms with E-state index in [0.717, 1.165) is 10.8 Å². The number of rotatable bonds is 3. The van der Waals surface area contributed by atoms with Gasteiger partial charge in [-0.3, -0.25) is 4.21 Å². The molecule has 0 spiro atoms. The first-order chi connectivity index (χ1) is 7.33. The molecule has 1 N–H and O–H groups in total. The Kier molecular flexibility index (Phi) is 3.54. The van der Waals surface area contributed by atoms with Gasteiger partial charge in [0.25, 0.3) is 0 Å². The predicted octanol–water partition coefficient (Wildman–Crippen LogP) is 1.52. The maximum atomic E-state index is 12.1. The van der Waals surface area contributed by atoms with Gasteiger partial charge in [-0.1, -0.05) is 18.2 Å². The van der Waals surface area contributed by atoms with Gasteiger partial charge in [-0.05, 0) is 31.4 Å². The maximum Gasteiger partial charge on any atom is 0.0811 e. The van der Waals surface area contributed by atoms with Crippen LogP contribution in [-0.2, 0) is 10.8 Å². The molecule has 1 saturated carbocycles. The summed E-state index contributed by atoms with van der Waals surface area (Å²) in [7, 11) is -1.19.